The zero-order chi connectivity index (χ0) is 15.4. The first-order valence-corrected chi connectivity index (χ1v) is 7.45. The summed E-state index contributed by atoms with van der Waals surface area (Å²) < 4.78 is 1.78. The molecular formula is C17H23N3O. The van der Waals surface area contributed by atoms with E-state index >= 15 is 0 Å². The largest absolute Gasteiger partial charge is 0.325 e. The third-order valence-corrected chi connectivity index (χ3v) is 3.74. The molecule has 21 heavy (non-hydrogen) atoms. The summed E-state index contributed by atoms with van der Waals surface area (Å²) in [5.74, 6) is 0.0884. The van der Waals surface area contributed by atoms with Gasteiger partial charge in [-0.1, -0.05) is 37.6 Å². The molecule has 0 amide bonds. The van der Waals surface area contributed by atoms with Crippen molar-refractivity contribution in [3.05, 3.63) is 41.6 Å². The Morgan fingerprint density at radius 2 is 2.00 bits per heavy atom. The summed E-state index contributed by atoms with van der Waals surface area (Å²) in [4.78, 5) is 11.7. The quantitative estimate of drug-likeness (QED) is 0.887. The van der Waals surface area contributed by atoms with Crippen molar-refractivity contribution in [1.29, 1.82) is 0 Å². The lowest BCUT2D eigenvalue weighted by atomic mass is 10.1. The Kier molecular flexibility index (Phi) is 4.91. The maximum absolute atomic E-state index is 11.7. The van der Waals surface area contributed by atoms with Crippen LogP contribution in [0.25, 0.3) is 11.3 Å². The van der Waals surface area contributed by atoms with Gasteiger partial charge in [-0.15, -0.1) is 0 Å². The molecule has 0 spiro atoms. The Balaban J connectivity index is 2.41. The van der Waals surface area contributed by atoms with Crippen LogP contribution in [-0.4, -0.2) is 15.6 Å². The molecule has 1 unspecified atom stereocenters. The first-order chi connectivity index (χ1) is 10.1. The van der Waals surface area contributed by atoms with Gasteiger partial charge in [-0.2, -0.15) is 5.10 Å². The number of Topliss-reactive ketones (excluding diaryl/α,β-unsaturated/α-hetero) is 1. The predicted octanol–water partition coefficient (Wildman–Crippen LogP) is 3.11. The molecule has 0 aliphatic heterocycles. The Bertz CT molecular complexity index is 613. The molecule has 1 aromatic carbocycles. The maximum Gasteiger partial charge on any atom is 0.154 e. The van der Waals surface area contributed by atoms with Gasteiger partial charge in [0.1, 0.15) is 6.04 Å². The van der Waals surface area contributed by atoms with Gasteiger partial charge in [0, 0.05) is 6.54 Å². The van der Waals surface area contributed by atoms with Gasteiger partial charge in [0.2, 0.25) is 0 Å². The van der Waals surface area contributed by atoms with Crippen LogP contribution >= 0.6 is 0 Å². The molecule has 112 valence electrons. The Morgan fingerprint density at radius 1 is 1.33 bits per heavy atom. The van der Waals surface area contributed by atoms with Crippen LogP contribution in [0.15, 0.2) is 30.3 Å². The first kappa shape index (κ1) is 15.4. The molecule has 0 radical (unpaired) electrons. The molecule has 0 fully saturated rings. The zero-order valence-electron chi connectivity index (χ0n) is 13.0. The van der Waals surface area contributed by atoms with Crippen LogP contribution in [0.3, 0.4) is 0 Å². The van der Waals surface area contributed by atoms with E-state index < -0.39 is 0 Å². The number of hydrogen-bond acceptors (Lipinski definition) is 3. The van der Waals surface area contributed by atoms with E-state index in [0.29, 0.717) is 6.54 Å². The fraction of sp³-hybridized carbons (Fsp3) is 0.412. The second-order valence-electron chi connectivity index (χ2n) is 5.40. The highest BCUT2D eigenvalue weighted by atomic mass is 16.1. The number of nitrogens with zero attached hydrogens (tertiary/aromatic N) is 2. The zero-order valence-corrected chi connectivity index (χ0v) is 13.0. The van der Waals surface area contributed by atoms with Crippen molar-refractivity contribution in [3.63, 3.8) is 0 Å². The highest BCUT2D eigenvalue weighted by molar-refractivity contribution is 5.80. The van der Waals surface area contributed by atoms with Crippen molar-refractivity contribution in [2.45, 2.75) is 46.2 Å². The maximum atomic E-state index is 11.7. The number of carbonyl (C=O) groups is 1. The molecule has 0 aliphatic rings. The van der Waals surface area contributed by atoms with Crippen LogP contribution in [0.4, 0.5) is 0 Å². The van der Waals surface area contributed by atoms with Crippen molar-refractivity contribution in [2.24, 2.45) is 5.73 Å². The van der Waals surface area contributed by atoms with E-state index in [1.807, 2.05) is 13.0 Å². The van der Waals surface area contributed by atoms with Crippen molar-refractivity contribution in [2.75, 3.05) is 0 Å². The van der Waals surface area contributed by atoms with E-state index in [0.717, 1.165) is 29.8 Å². The topological polar surface area (TPSA) is 60.9 Å². The lowest BCUT2D eigenvalue weighted by Gasteiger charge is -2.13. The third-order valence-electron chi connectivity index (χ3n) is 3.74. The van der Waals surface area contributed by atoms with Gasteiger partial charge in [-0.05, 0) is 37.5 Å². The first-order valence-electron chi connectivity index (χ1n) is 7.45. The summed E-state index contributed by atoms with van der Waals surface area (Å²) in [5.41, 5.74) is 9.83. The van der Waals surface area contributed by atoms with E-state index in [1.54, 1.807) is 11.6 Å². The molecular weight excluding hydrogens is 262 g/mol. The summed E-state index contributed by atoms with van der Waals surface area (Å²) in [6.07, 6.45) is 2.22. The second-order valence-corrected chi connectivity index (χ2v) is 5.40. The Labute approximate surface area is 126 Å². The van der Waals surface area contributed by atoms with Crippen molar-refractivity contribution < 1.29 is 4.79 Å². The standard InChI is InChI=1S/C17H23N3O/c1-4-5-14-6-8-15(9-7-14)17-10-16(11-18)19-20(17)12(2)13(3)21/h6-10,12H,4-5,11,18H2,1-3H3. The van der Waals surface area contributed by atoms with E-state index in [9.17, 15) is 4.79 Å². The highest BCUT2D eigenvalue weighted by Crippen LogP contribution is 2.25. The van der Waals surface area contributed by atoms with E-state index in [-0.39, 0.29) is 11.8 Å². The molecule has 2 aromatic rings. The minimum atomic E-state index is -0.282. The number of benzene rings is 1. The number of ketones is 1. The van der Waals surface area contributed by atoms with Crippen LogP contribution in [0.2, 0.25) is 0 Å². The van der Waals surface area contributed by atoms with E-state index in [2.05, 4.69) is 36.3 Å². The van der Waals surface area contributed by atoms with Crippen LogP contribution in [0.5, 0.6) is 0 Å². The van der Waals surface area contributed by atoms with E-state index in [4.69, 9.17) is 5.73 Å². The van der Waals surface area contributed by atoms with Crippen molar-refractivity contribution in [1.82, 2.24) is 9.78 Å². The molecule has 4 nitrogen and oxygen atoms in total. The number of carbonyl (C=O) groups excluding carboxylic acids is 1. The summed E-state index contributed by atoms with van der Waals surface area (Å²) in [5, 5.41) is 4.46. The van der Waals surface area contributed by atoms with Gasteiger partial charge in [0.15, 0.2) is 5.78 Å². The van der Waals surface area contributed by atoms with Gasteiger partial charge >= 0.3 is 0 Å². The molecule has 0 saturated carbocycles. The number of aromatic nitrogens is 2. The number of hydrogen-bond donors (Lipinski definition) is 1. The number of rotatable bonds is 6. The molecule has 0 aliphatic carbocycles. The van der Waals surface area contributed by atoms with E-state index in [1.165, 1.54) is 5.56 Å². The van der Waals surface area contributed by atoms with Crippen LogP contribution in [0, 0.1) is 0 Å². The lowest BCUT2D eigenvalue weighted by molar-refractivity contribution is -0.119. The Morgan fingerprint density at radius 3 is 2.52 bits per heavy atom. The van der Waals surface area contributed by atoms with Crippen LogP contribution in [0.1, 0.15) is 44.5 Å². The van der Waals surface area contributed by atoms with Crippen LogP contribution in [-0.2, 0) is 17.8 Å². The third kappa shape index (κ3) is 3.39. The summed E-state index contributed by atoms with van der Waals surface area (Å²) >= 11 is 0. The molecule has 1 heterocycles. The van der Waals surface area contributed by atoms with Gasteiger partial charge < -0.3 is 5.73 Å². The minimum Gasteiger partial charge on any atom is -0.325 e. The molecule has 0 bridgehead atoms. The number of aryl methyl sites for hydroxylation is 1. The molecule has 2 rings (SSSR count). The summed E-state index contributed by atoms with van der Waals surface area (Å²) in [6, 6.07) is 10.1. The van der Waals surface area contributed by atoms with Gasteiger partial charge in [-0.25, -0.2) is 0 Å². The fourth-order valence-electron chi connectivity index (χ4n) is 2.36. The molecule has 1 aromatic heterocycles. The lowest BCUT2D eigenvalue weighted by Crippen LogP contribution is -2.16. The predicted molar refractivity (Wildman–Crippen MR) is 84.9 cm³/mol. The fourth-order valence-corrected chi connectivity index (χ4v) is 2.36. The Hall–Kier alpha value is -1.94. The molecule has 4 heteroatoms. The normalized spacial score (nSPS) is 12.4. The van der Waals surface area contributed by atoms with Crippen LogP contribution < -0.4 is 5.73 Å². The van der Waals surface area contributed by atoms with Crippen molar-refractivity contribution in [3.8, 4) is 11.3 Å². The average molecular weight is 285 g/mol. The number of nitrogens with two attached hydrogens (primary N) is 1. The molecule has 1 atom stereocenters. The summed E-state index contributed by atoms with van der Waals surface area (Å²) in [7, 11) is 0. The molecule has 2 N–H and O–H groups in total. The SMILES string of the molecule is CCCc1ccc(-c2cc(CN)nn2C(C)C(C)=O)cc1. The van der Waals surface area contributed by atoms with Gasteiger partial charge in [-0.3, -0.25) is 9.48 Å². The smallest absolute Gasteiger partial charge is 0.154 e. The highest BCUT2D eigenvalue weighted by Gasteiger charge is 2.17. The minimum absolute atomic E-state index is 0.0884. The van der Waals surface area contributed by atoms with Gasteiger partial charge in [0.05, 0.1) is 11.4 Å². The second kappa shape index (κ2) is 6.68. The monoisotopic (exact) mass is 285 g/mol. The molecule has 0 saturated heterocycles. The van der Waals surface area contributed by atoms with Crippen molar-refractivity contribution >= 4 is 5.78 Å². The average Bonchev–Trinajstić information content (AvgIpc) is 2.91. The van der Waals surface area contributed by atoms with Gasteiger partial charge in [0.25, 0.3) is 0 Å². The summed E-state index contributed by atoms with van der Waals surface area (Å²) in [6.45, 7) is 6.00.